The monoisotopic (exact) mass is 902 g/mol. The standard InChI is InChI=1S/C50H70N4O9S/c1-7-34-29-50(34,47(58)52-64(59,60)49(6)20-21-49)30-41(55)40-27-35-31-54(40)46(57)38(48(3,4)5)28-43(56)63-42-26-33(42)14-9-8-10-16-37-44(36-15-11-12-17-39(36)51-45(37)62-35)61-25-13-22-53-23-18-32(2)19-24-53/h7,11-12,15,17,32-35,38,40,42H,1,8-10,13-14,16,18-31H2,2-6H3,(H,52,58)/t33-,34-,35-,38-,40+,42-,50-/m1/s1. The van der Waals surface area contributed by atoms with Crippen molar-refractivity contribution in [1.82, 2.24) is 19.5 Å². The van der Waals surface area contributed by atoms with Crippen molar-refractivity contribution in [2.45, 2.75) is 154 Å². The van der Waals surface area contributed by atoms with Gasteiger partial charge in [-0.15, -0.1) is 6.58 Å². The smallest absolute Gasteiger partial charge is 0.306 e. The summed E-state index contributed by atoms with van der Waals surface area (Å²) in [7, 11) is -3.96. The molecule has 5 fully saturated rings. The van der Waals surface area contributed by atoms with E-state index in [9.17, 15) is 27.6 Å². The van der Waals surface area contributed by atoms with Crippen LogP contribution in [0.1, 0.15) is 130 Å². The molecule has 0 radical (unpaired) electrons. The zero-order chi connectivity index (χ0) is 45.6. The second-order valence-corrected chi connectivity index (χ2v) is 23.6. The number of allylic oxidation sites excluding steroid dienone is 1. The maximum Gasteiger partial charge on any atom is 0.306 e. The highest BCUT2D eigenvalue weighted by Gasteiger charge is 2.62. The zero-order valence-electron chi connectivity index (χ0n) is 38.7. The van der Waals surface area contributed by atoms with E-state index >= 15 is 0 Å². The molecule has 14 heteroatoms. The van der Waals surface area contributed by atoms with E-state index in [2.05, 4.69) is 23.1 Å². The highest BCUT2D eigenvalue weighted by atomic mass is 32.2. The van der Waals surface area contributed by atoms with Gasteiger partial charge in [-0.25, -0.2) is 13.4 Å². The summed E-state index contributed by atoms with van der Waals surface area (Å²) >= 11 is 0. The molecule has 13 nitrogen and oxygen atoms in total. The summed E-state index contributed by atoms with van der Waals surface area (Å²) in [6, 6.07) is 6.92. The highest BCUT2D eigenvalue weighted by Crippen LogP contribution is 2.57. The number of esters is 1. The molecule has 2 saturated heterocycles. The van der Waals surface area contributed by atoms with Crippen LogP contribution in [0, 0.1) is 34.5 Å². The molecule has 3 aliphatic heterocycles. The molecule has 3 aliphatic carbocycles. The van der Waals surface area contributed by atoms with Crippen molar-refractivity contribution >= 4 is 44.5 Å². The normalized spacial score (nSPS) is 30.2. The van der Waals surface area contributed by atoms with Gasteiger partial charge in [0.25, 0.3) is 0 Å². The van der Waals surface area contributed by atoms with Gasteiger partial charge in [0, 0.05) is 24.8 Å². The number of nitrogens with one attached hydrogen (secondary N) is 1. The number of aromatic nitrogens is 1. The Labute approximate surface area is 379 Å². The van der Waals surface area contributed by atoms with E-state index < -0.39 is 61.5 Å². The minimum Gasteiger partial charge on any atom is -0.492 e. The number of ketones is 1. The minimum atomic E-state index is -3.96. The van der Waals surface area contributed by atoms with Crippen LogP contribution in [0.15, 0.2) is 36.9 Å². The number of piperidine rings is 1. The van der Waals surface area contributed by atoms with E-state index in [0.717, 1.165) is 86.3 Å². The molecule has 3 saturated carbocycles. The average Bonchev–Trinajstić information content (AvgIpc) is 4.21. The summed E-state index contributed by atoms with van der Waals surface area (Å²) in [4.78, 5) is 66.4. The van der Waals surface area contributed by atoms with Gasteiger partial charge >= 0.3 is 5.97 Å². The fourth-order valence-corrected chi connectivity index (χ4v) is 11.7. The van der Waals surface area contributed by atoms with Crippen molar-refractivity contribution < 1.29 is 41.8 Å². The summed E-state index contributed by atoms with van der Waals surface area (Å²) in [5, 5.41) is 0.910. The van der Waals surface area contributed by atoms with Crippen molar-refractivity contribution in [1.29, 1.82) is 0 Å². The van der Waals surface area contributed by atoms with Gasteiger partial charge < -0.3 is 24.0 Å². The molecule has 1 aromatic heterocycles. The van der Waals surface area contributed by atoms with Gasteiger partial charge in [-0.2, -0.15) is 0 Å². The topological polar surface area (TPSA) is 162 Å². The average molecular weight is 903 g/mol. The molecule has 64 heavy (non-hydrogen) atoms. The van der Waals surface area contributed by atoms with Gasteiger partial charge in [-0.05, 0) is 120 Å². The third kappa shape index (κ3) is 10.0. The van der Waals surface area contributed by atoms with Crippen LogP contribution < -0.4 is 14.2 Å². The summed E-state index contributed by atoms with van der Waals surface area (Å²) in [6.07, 6.45) is 10.2. The van der Waals surface area contributed by atoms with Crippen LogP contribution in [-0.4, -0.2) is 103 Å². The lowest BCUT2D eigenvalue weighted by Gasteiger charge is -2.34. The van der Waals surface area contributed by atoms with Gasteiger partial charge in [0.2, 0.25) is 27.7 Å². The fourth-order valence-electron chi connectivity index (χ4n) is 10.3. The van der Waals surface area contributed by atoms with Crippen LogP contribution in [0.5, 0.6) is 11.6 Å². The number of nitrogens with zero attached hydrogens (tertiary/aromatic N) is 3. The van der Waals surface area contributed by atoms with E-state index in [4.69, 9.17) is 19.2 Å². The molecule has 8 rings (SSSR count). The number of Topliss-reactive ketones (excluding diaryl/α,β-unsaturated/α-hetero) is 1. The van der Waals surface area contributed by atoms with Gasteiger partial charge in [0.15, 0.2) is 5.78 Å². The minimum absolute atomic E-state index is 0.0526. The Bertz CT molecular complexity index is 2230. The molecule has 7 atom stereocenters. The Kier molecular flexibility index (Phi) is 13.3. The quantitative estimate of drug-likeness (QED) is 0.129. The molecule has 2 amide bonds. The number of hydrogen-bond acceptors (Lipinski definition) is 11. The number of carbonyl (C=O) groups is 4. The first-order valence-electron chi connectivity index (χ1n) is 24.1. The number of pyridine rings is 1. The van der Waals surface area contributed by atoms with Crippen LogP contribution in [0.25, 0.3) is 10.9 Å². The number of ether oxygens (including phenoxy) is 3. The molecular formula is C50H70N4O9S. The number of benzene rings is 1. The Morgan fingerprint density at radius 1 is 1.05 bits per heavy atom. The molecule has 6 aliphatic rings. The fraction of sp³-hybridized carbons (Fsp3) is 0.700. The Balaban J connectivity index is 1.11. The Morgan fingerprint density at radius 3 is 2.50 bits per heavy atom. The molecule has 2 bridgehead atoms. The first-order valence-corrected chi connectivity index (χ1v) is 25.5. The SMILES string of the molecule is C=C[C@@H]1C[C@]1(CC(=O)[C@@H]1C[C@@H]2CN1C(=O)[C@H](C(C)(C)C)CC(=O)O[C@@H]1C[C@H]1CCCCCc1c(nc3ccccc3c1OCCCN1CCC(C)CC1)O2)C(=O)NS(=O)(=O)C1(C)CC1. The highest BCUT2D eigenvalue weighted by molar-refractivity contribution is 7.91. The maximum atomic E-state index is 15.0. The summed E-state index contributed by atoms with van der Waals surface area (Å²) in [6.45, 7) is 17.3. The maximum absolute atomic E-state index is 15.0. The lowest BCUT2D eigenvalue weighted by atomic mass is 9.77. The third-order valence-corrected chi connectivity index (χ3v) is 17.5. The van der Waals surface area contributed by atoms with Crippen molar-refractivity contribution in [2.75, 3.05) is 32.8 Å². The van der Waals surface area contributed by atoms with Gasteiger partial charge in [0.1, 0.15) is 18.0 Å². The van der Waals surface area contributed by atoms with E-state index in [1.165, 1.54) is 17.7 Å². The Morgan fingerprint density at radius 2 is 1.80 bits per heavy atom. The second-order valence-electron chi connectivity index (χ2n) is 21.4. The first kappa shape index (κ1) is 46.5. The third-order valence-electron chi connectivity index (χ3n) is 15.4. The molecule has 0 spiro atoms. The van der Waals surface area contributed by atoms with Crippen molar-refractivity contribution in [2.24, 2.45) is 34.5 Å². The van der Waals surface area contributed by atoms with Gasteiger partial charge in [-0.1, -0.05) is 58.7 Å². The second kappa shape index (κ2) is 18.3. The summed E-state index contributed by atoms with van der Waals surface area (Å²) in [5.74, 6) is -0.835. The van der Waals surface area contributed by atoms with Crippen LogP contribution >= 0.6 is 0 Å². The number of likely N-dealkylation sites (tertiary alicyclic amines) is 1. The van der Waals surface area contributed by atoms with Crippen molar-refractivity contribution in [3.8, 4) is 11.6 Å². The number of carbonyl (C=O) groups excluding carboxylic acids is 4. The van der Waals surface area contributed by atoms with Crippen LogP contribution in [0.4, 0.5) is 0 Å². The number of sulfonamides is 1. The van der Waals surface area contributed by atoms with E-state index in [-0.39, 0.29) is 50.0 Å². The molecule has 4 heterocycles. The zero-order valence-corrected chi connectivity index (χ0v) is 39.5. The number of amides is 2. The number of rotatable bonds is 12. The number of fused-ring (bicyclic) bond motifs is 5. The molecule has 1 N–H and O–H groups in total. The van der Waals surface area contributed by atoms with Crippen LogP contribution in [-0.2, 0) is 40.4 Å². The molecule has 350 valence electrons. The molecule has 0 unspecified atom stereocenters. The molecule has 1 aromatic carbocycles. The number of para-hydroxylation sites is 1. The predicted molar refractivity (Wildman–Crippen MR) is 244 cm³/mol. The van der Waals surface area contributed by atoms with E-state index in [0.29, 0.717) is 37.7 Å². The lowest BCUT2D eigenvalue weighted by molar-refractivity contribution is -0.154. The lowest BCUT2D eigenvalue weighted by Crippen LogP contribution is -2.49. The largest absolute Gasteiger partial charge is 0.492 e. The molecular weight excluding hydrogens is 833 g/mol. The van der Waals surface area contributed by atoms with Gasteiger partial charge in [-0.3, -0.25) is 23.9 Å². The summed E-state index contributed by atoms with van der Waals surface area (Å²) < 4.78 is 47.4. The number of hydrogen-bond donors (Lipinski definition) is 1. The van der Waals surface area contributed by atoms with E-state index in [1.807, 2.05) is 45.0 Å². The van der Waals surface area contributed by atoms with Crippen molar-refractivity contribution in [3.63, 3.8) is 0 Å². The van der Waals surface area contributed by atoms with Crippen LogP contribution in [0.2, 0.25) is 0 Å². The summed E-state index contributed by atoms with van der Waals surface area (Å²) in [5.41, 5.74) is -0.383. The Hall–Kier alpha value is -4.04. The first-order chi connectivity index (χ1) is 30.4. The van der Waals surface area contributed by atoms with Crippen LogP contribution in [0.3, 0.4) is 0 Å². The van der Waals surface area contributed by atoms with Gasteiger partial charge in [0.05, 0.1) is 52.8 Å². The predicted octanol–water partition coefficient (Wildman–Crippen LogP) is 7.33. The molecule has 2 aromatic rings. The van der Waals surface area contributed by atoms with E-state index in [1.54, 1.807) is 13.0 Å². The van der Waals surface area contributed by atoms with Crippen molar-refractivity contribution in [3.05, 3.63) is 42.5 Å².